The molecule has 0 fully saturated rings. The van der Waals surface area contributed by atoms with E-state index in [2.05, 4.69) is 5.43 Å². The zero-order valence-corrected chi connectivity index (χ0v) is 5.89. The molecule has 5 N–H and O–H groups in total. The third kappa shape index (κ3) is 1.19. The zero-order valence-electron chi connectivity index (χ0n) is 5.89. The van der Waals surface area contributed by atoms with Crippen molar-refractivity contribution in [3.8, 4) is 0 Å². The first-order valence-electron chi connectivity index (χ1n) is 3.07. The van der Waals surface area contributed by atoms with Crippen LogP contribution >= 0.6 is 0 Å². The summed E-state index contributed by atoms with van der Waals surface area (Å²) in [5, 5.41) is 0. The van der Waals surface area contributed by atoms with Gasteiger partial charge in [0.05, 0.1) is 11.4 Å². The molecule has 1 aromatic carbocycles. The Kier molecular flexibility index (Phi) is 1.78. The molecule has 0 aliphatic carbocycles. The molecule has 0 aromatic heterocycles. The summed E-state index contributed by atoms with van der Waals surface area (Å²) in [6, 6.07) is 5.67. The highest BCUT2D eigenvalue weighted by molar-refractivity contribution is 5.66. The van der Waals surface area contributed by atoms with E-state index >= 15 is 0 Å². The van der Waals surface area contributed by atoms with Gasteiger partial charge in [0.2, 0.25) is 0 Å². The molecule has 0 saturated heterocycles. The molecule has 0 heterocycles. The minimum Gasteiger partial charge on any atom is -0.397 e. The summed E-state index contributed by atoms with van der Waals surface area (Å²) < 4.78 is 0. The third-order valence-electron chi connectivity index (χ3n) is 1.36. The molecule has 0 spiro atoms. The number of benzene rings is 1. The van der Waals surface area contributed by atoms with Crippen LogP contribution in [-0.4, -0.2) is 0 Å². The van der Waals surface area contributed by atoms with E-state index in [1.807, 2.05) is 25.1 Å². The molecule has 0 unspecified atom stereocenters. The largest absolute Gasteiger partial charge is 0.397 e. The van der Waals surface area contributed by atoms with Gasteiger partial charge >= 0.3 is 0 Å². The van der Waals surface area contributed by atoms with Crippen LogP contribution in [-0.2, 0) is 0 Å². The van der Waals surface area contributed by atoms with Gasteiger partial charge in [-0.2, -0.15) is 0 Å². The van der Waals surface area contributed by atoms with Gasteiger partial charge in [0.1, 0.15) is 0 Å². The van der Waals surface area contributed by atoms with Crippen molar-refractivity contribution in [1.82, 2.24) is 0 Å². The Hall–Kier alpha value is -1.22. The van der Waals surface area contributed by atoms with Crippen LogP contribution in [0, 0.1) is 6.92 Å². The average molecular weight is 137 g/mol. The van der Waals surface area contributed by atoms with Crippen molar-refractivity contribution in [1.29, 1.82) is 0 Å². The summed E-state index contributed by atoms with van der Waals surface area (Å²) in [6.45, 7) is 1.98. The maximum absolute atomic E-state index is 5.59. The van der Waals surface area contributed by atoms with Crippen LogP contribution in [0.25, 0.3) is 0 Å². The van der Waals surface area contributed by atoms with Crippen molar-refractivity contribution in [2.24, 2.45) is 5.84 Å². The van der Waals surface area contributed by atoms with E-state index in [-0.39, 0.29) is 0 Å². The molecule has 3 nitrogen and oxygen atoms in total. The molecular weight excluding hydrogens is 126 g/mol. The Morgan fingerprint density at radius 2 is 2.10 bits per heavy atom. The fourth-order valence-electron chi connectivity index (χ4n) is 0.814. The lowest BCUT2D eigenvalue weighted by molar-refractivity contribution is 1.34. The number of hydrazine groups is 1. The van der Waals surface area contributed by atoms with E-state index in [4.69, 9.17) is 11.6 Å². The normalized spacial score (nSPS) is 9.40. The van der Waals surface area contributed by atoms with Crippen LogP contribution in [0.2, 0.25) is 0 Å². The quantitative estimate of drug-likeness (QED) is 0.305. The molecule has 10 heavy (non-hydrogen) atoms. The van der Waals surface area contributed by atoms with Gasteiger partial charge in [-0.05, 0) is 24.6 Å². The SMILES string of the molecule is Cc1ccc(NN)c(N)c1. The van der Waals surface area contributed by atoms with Crippen LogP contribution in [0.4, 0.5) is 11.4 Å². The van der Waals surface area contributed by atoms with Gasteiger partial charge in [-0.1, -0.05) is 6.07 Å². The minimum atomic E-state index is 0.683. The van der Waals surface area contributed by atoms with Crippen molar-refractivity contribution >= 4 is 11.4 Å². The lowest BCUT2D eigenvalue weighted by Gasteiger charge is -2.03. The van der Waals surface area contributed by atoms with Crippen LogP contribution in [0.15, 0.2) is 18.2 Å². The lowest BCUT2D eigenvalue weighted by atomic mass is 10.2. The van der Waals surface area contributed by atoms with Crippen LogP contribution in [0.3, 0.4) is 0 Å². The van der Waals surface area contributed by atoms with Gasteiger partial charge in [0.25, 0.3) is 0 Å². The Bertz CT molecular complexity index is 232. The first-order valence-corrected chi connectivity index (χ1v) is 3.07. The molecule has 0 saturated carbocycles. The number of aryl methyl sites for hydroxylation is 1. The van der Waals surface area contributed by atoms with E-state index in [1.165, 1.54) is 0 Å². The fourth-order valence-corrected chi connectivity index (χ4v) is 0.814. The van der Waals surface area contributed by atoms with Crippen molar-refractivity contribution in [2.75, 3.05) is 11.2 Å². The number of nitrogen functional groups attached to an aromatic ring is 2. The fraction of sp³-hybridized carbons (Fsp3) is 0.143. The molecule has 0 bridgehead atoms. The second-order valence-electron chi connectivity index (χ2n) is 2.24. The minimum absolute atomic E-state index is 0.683. The predicted molar refractivity (Wildman–Crippen MR) is 43.4 cm³/mol. The van der Waals surface area contributed by atoms with Crippen molar-refractivity contribution < 1.29 is 0 Å². The lowest BCUT2D eigenvalue weighted by Crippen LogP contribution is -2.08. The highest BCUT2D eigenvalue weighted by atomic mass is 15.2. The average Bonchev–Trinajstić information content (AvgIpc) is 1.88. The first kappa shape index (κ1) is 6.89. The number of nitrogens with two attached hydrogens (primary N) is 2. The smallest absolute Gasteiger partial charge is 0.0716 e. The molecule has 0 amide bonds. The Labute approximate surface area is 60.0 Å². The maximum atomic E-state index is 5.59. The van der Waals surface area contributed by atoms with Gasteiger partial charge in [0.15, 0.2) is 0 Å². The molecule has 0 radical (unpaired) electrons. The highest BCUT2D eigenvalue weighted by Crippen LogP contribution is 2.17. The van der Waals surface area contributed by atoms with Crippen molar-refractivity contribution in [3.05, 3.63) is 23.8 Å². The molecule has 0 aliphatic heterocycles. The number of nitrogens with one attached hydrogen (secondary N) is 1. The second-order valence-corrected chi connectivity index (χ2v) is 2.24. The molecule has 54 valence electrons. The highest BCUT2D eigenvalue weighted by Gasteiger charge is 1.93. The molecule has 0 aliphatic rings. The number of rotatable bonds is 1. The van der Waals surface area contributed by atoms with Gasteiger partial charge in [-0.15, -0.1) is 0 Å². The van der Waals surface area contributed by atoms with E-state index in [1.54, 1.807) is 0 Å². The van der Waals surface area contributed by atoms with Crippen LogP contribution in [0.5, 0.6) is 0 Å². The van der Waals surface area contributed by atoms with E-state index in [0.29, 0.717) is 5.69 Å². The number of hydrogen-bond acceptors (Lipinski definition) is 3. The van der Waals surface area contributed by atoms with Crippen LogP contribution in [0.1, 0.15) is 5.56 Å². The summed E-state index contributed by atoms with van der Waals surface area (Å²) in [4.78, 5) is 0. The van der Waals surface area contributed by atoms with E-state index in [9.17, 15) is 0 Å². The van der Waals surface area contributed by atoms with Gasteiger partial charge in [-0.3, -0.25) is 5.84 Å². The molecule has 3 heteroatoms. The summed E-state index contributed by atoms with van der Waals surface area (Å²) in [7, 11) is 0. The standard InChI is InChI=1S/C7H11N3/c1-5-2-3-7(10-9)6(8)4-5/h2-4,10H,8-9H2,1H3. The number of hydrogen-bond donors (Lipinski definition) is 3. The molecular formula is C7H11N3. The summed E-state index contributed by atoms with van der Waals surface area (Å²) in [5.74, 6) is 5.17. The zero-order chi connectivity index (χ0) is 7.56. The predicted octanol–water partition coefficient (Wildman–Crippen LogP) is 0.863. The van der Waals surface area contributed by atoms with E-state index in [0.717, 1.165) is 11.3 Å². The molecule has 0 atom stereocenters. The summed E-state index contributed by atoms with van der Waals surface area (Å²) in [6.07, 6.45) is 0. The van der Waals surface area contributed by atoms with Gasteiger partial charge in [-0.25, -0.2) is 0 Å². The monoisotopic (exact) mass is 137 g/mol. The maximum Gasteiger partial charge on any atom is 0.0716 e. The van der Waals surface area contributed by atoms with Crippen molar-refractivity contribution in [2.45, 2.75) is 6.92 Å². The topological polar surface area (TPSA) is 64.1 Å². The van der Waals surface area contributed by atoms with Crippen molar-refractivity contribution in [3.63, 3.8) is 0 Å². The third-order valence-corrected chi connectivity index (χ3v) is 1.36. The van der Waals surface area contributed by atoms with E-state index < -0.39 is 0 Å². The summed E-state index contributed by atoms with van der Waals surface area (Å²) >= 11 is 0. The van der Waals surface area contributed by atoms with Gasteiger partial charge < -0.3 is 11.2 Å². The van der Waals surface area contributed by atoms with Gasteiger partial charge in [0, 0.05) is 0 Å². The Morgan fingerprint density at radius 1 is 1.40 bits per heavy atom. The number of anilines is 2. The Balaban J connectivity index is 3.07. The first-order chi connectivity index (χ1) is 4.74. The molecule has 1 aromatic rings. The molecule has 1 rings (SSSR count). The Morgan fingerprint density at radius 3 is 2.60 bits per heavy atom. The summed E-state index contributed by atoms with van der Waals surface area (Å²) in [5.41, 5.74) is 10.7. The van der Waals surface area contributed by atoms with Crippen LogP contribution < -0.4 is 17.0 Å². The second kappa shape index (κ2) is 2.58.